The summed E-state index contributed by atoms with van der Waals surface area (Å²) in [6.07, 6.45) is 3.43. The number of pyridine rings is 1. The highest BCUT2D eigenvalue weighted by molar-refractivity contribution is 5.71. The summed E-state index contributed by atoms with van der Waals surface area (Å²) in [6, 6.07) is 6.68. The molecule has 1 N–H and O–H groups in total. The molecule has 0 radical (unpaired) electrons. The predicted octanol–water partition coefficient (Wildman–Crippen LogP) is 4.09. The third-order valence-corrected chi connectivity index (χ3v) is 4.35. The van der Waals surface area contributed by atoms with Crippen molar-refractivity contribution in [3.63, 3.8) is 0 Å². The van der Waals surface area contributed by atoms with Gasteiger partial charge in [-0.1, -0.05) is 6.07 Å². The van der Waals surface area contributed by atoms with E-state index < -0.39 is 11.6 Å². The van der Waals surface area contributed by atoms with E-state index in [0.29, 0.717) is 16.9 Å². The van der Waals surface area contributed by atoms with Gasteiger partial charge in [0.1, 0.15) is 11.5 Å². The maximum Gasteiger partial charge on any atom is 0.190 e. The molecule has 3 aromatic rings. The molecule has 0 spiro atoms. The lowest BCUT2D eigenvalue weighted by Gasteiger charge is -2.22. The summed E-state index contributed by atoms with van der Waals surface area (Å²) >= 11 is 0. The third kappa shape index (κ3) is 3.39. The predicted molar refractivity (Wildman–Crippen MR) is 97.7 cm³/mol. The molecule has 1 aromatic carbocycles. The number of rotatable bonds is 4. The molecule has 0 atom stereocenters. The lowest BCUT2D eigenvalue weighted by atomic mass is 10.1. The largest absolute Gasteiger partial charge is 0.365 e. The molecular formula is C19H20F2N6. The fourth-order valence-electron chi connectivity index (χ4n) is 2.99. The summed E-state index contributed by atoms with van der Waals surface area (Å²) in [7, 11) is 0. The van der Waals surface area contributed by atoms with Crippen molar-refractivity contribution in [2.24, 2.45) is 0 Å². The number of nitrogens with one attached hydrogen (secondary N) is 1. The molecule has 6 nitrogen and oxygen atoms in total. The second-order valence-corrected chi connectivity index (χ2v) is 7.77. The van der Waals surface area contributed by atoms with Crippen LogP contribution in [0.5, 0.6) is 0 Å². The molecule has 1 aliphatic rings. The molecule has 0 aliphatic heterocycles. The van der Waals surface area contributed by atoms with Crippen molar-refractivity contribution in [3.8, 4) is 17.1 Å². The van der Waals surface area contributed by atoms with E-state index in [9.17, 15) is 8.78 Å². The highest BCUT2D eigenvalue weighted by atomic mass is 19.2. The average molecular weight is 370 g/mol. The van der Waals surface area contributed by atoms with Gasteiger partial charge in [-0.2, -0.15) is 4.68 Å². The topological polar surface area (TPSA) is 68.5 Å². The molecule has 27 heavy (non-hydrogen) atoms. The molecular weight excluding hydrogens is 350 g/mol. The molecule has 2 heterocycles. The van der Waals surface area contributed by atoms with E-state index in [2.05, 4.69) is 25.8 Å². The Morgan fingerprint density at radius 1 is 1.11 bits per heavy atom. The Kier molecular flexibility index (Phi) is 4.13. The van der Waals surface area contributed by atoms with Crippen LogP contribution in [0.1, 0.15) is 45.1 Å². The lowest BCUT2D eigenvalue weighted by Crippen LogP contribution is -2.27. The van der Waals surface area contributed by atoms with Crippen molar-refractivity contribution in [1.29, 1.82) is 0 Å². The van der Waals surface area contributed by atoms with Gasteiger partial charge in [-0.3, -0.25) is 0 Å². The smallest absolute Gasteiger partial charge is 0.190 e. The van der Waals surface area contributed by atoms with Gasteiger partial charge in [-0.15, -0.1) is 5.10 Å². The Labute approximate surface area is 155 Å². The van der Waals surface area contributed by atoms with Crippen LogP contribution >= 0.6 is 0 Å². The van der Waals surface area contributed by atoms with E-state index in [1.807, 2.05) is 20.8 Å². The van der Waals surface area contributed by atoms with Crippen LogP contribution in [0.15, 0.2) is 30.5 Å². The standard InChI is InChI=1S/C19H20F2N6/c1-19(2,3)23-17-13(5-4-10-22-17)18-24-25-26-27(18)14-9-8-12(11-6-7-11)15(20)16(14)21/h4-5,8-11H,6-7H2,1-3H3,(H,22,23). The van der Waals surface area contributed by atoms with Crippen LogP contribution < -0.4 is 5.32 Å². The SMILES string of the molecule is CC(C)(C)Nc1ncccc1-c1nnnn1-c1ccc(C2CC2)c(F)c1F. The number of halogens is 2. The Bertz CT molecular complexity index is 988. The molecule has 0 saturated heterocycles. The van der Waals surface area contributed by atoms with Crippen LogP contribution in [-0.4, -0.2) is 30.7 Å². The zero-order chi connectivity index (χ0) is 19.2. The third-order valence-electron chi connectivity index (χ3n) is 4.35. The van der Waals surface area contributed by atoms with Gasteiger partial charge in [-0.25, -0.2) is 13.8 Å². The van der Waals surface area contributed by atoms with Crippen molar-refractivity contribution in [1.82, 2.24) is 25.2 Å². The fourth-order valence-corrected chi connectivity index (χ4v) is 2.99. The molecule has 1 saturated carbocycles. The summed E-state index contributed by atoms with van der Waals surface area (Å²) < 4.78 is 30.5. The number of nitrogens with zero attached hydrogens (tertiary/aromatic N) is 5. The van der Waals surface area contributed by atoms with Gasteiger partial charge in [0.25, 0.3) is 0 Å². The second-order valence-electron chi connectivity index (χ2n) is 7.77. The Morgan fingerprint density at radius 3 is 2.59 bits per heavy atom. The maximum atomic E-state index is 14.8. The molecule has 4 rings (SSSR count). The second kappa shape index (κ2) is 6.37. The summed E-state index contributed by atoms with van der Waals surface area (Å²) in [4.78, 5) is 4.35. The maximum absolute atomic E-state index is 14.8. The van der Waals surface area contributed by atoms with Gasteiger partial charge in [0, 0.05) is 11.7 Å². The monoisotopic (exact) mass is 370 g/mol. The first kappa shape index (κ1) is 17.5. The molecule has 1 fully saturated rings. The summed E-state index contributed by atoms with van der Waals surface area (Å²) in [5.74, 6) is -0.801. The van der Waals surface area contributed by atoms with Gasteiger partial charge < -0.3 is 5.32 Å². The van der Waals surface area contributed by atoms with Gasteiger partial charge in [0.2, 0.25) is 0 Å². The minimum Gasteiger partial charge on any atom is -0.365 e. The molecule has 0 bridgehead atoms. The minimum absolute atomic E-state index is 0.0255. The van der Waals surface area contributed by atoms with Crippen LogP contribution in [-0.2, 0) is 0 Å². The normalized spacial score (nSPS) is 14.4. The van der Waals surface area contributed by atoms with Crippen LogP contribution in [0.4, 0.5) is 14.6 Å². The first-order valence-corrected chi connectivity index (χ1v) is 8.85. The van der Waals surface area contributed by atoms with E-state index in [0.717, 1.165) is 12.8 Å². The van der Waals surface area contributed by atoms with Crippen molar-refractivity contribution >= 4 is 5.82 Å². The molecule has 8 heteroatoms. The summed E-state index contributed by atoms with van der Waals surface area (Å²) in [5, 5.41) is 14.9. The summed E-state index contributed by atoms with van der Waals surface area (Å²) in [6.45, 7) is 6.00. The highest BCUT2D eigenvalue weighted by Gasteiger charge is 2.30. The van der Waals surface area contributed by atoms with Crippen LogP contribution in [0.25, 0.3) is 17.1 Å². The van der Waals surface area contributed by atoms with Crippen molar-refractivity contribution < 1.29 is 8.78 Å². The lowest BCUT2D eigenvalue weighted by molar-refractivity contribution is 0.492. The van der Waals surface area contributed by atoms with E-state index in [4.69, 9.17) is 0 Å². The van der Waals surface area contributed by atoms with E-state index in [1.165, 1.54) is 10.7 Å². The average Bonchev–Trinajstić information content (AvgIpc) is 3.33. The van der Waals surface area contributed by atoms with Gasteiger partial charge >= 0.3 is 0 Å². The van der Waals surface area contributed by atoms with Crippen LogP contribution in [0.2, 0.25) is 0 Å². The molecule has 0 amide bonds. The molecule has 2 aromatic heterocycles. The molecule has 1 aliphatic carbocycles. The highest BCUT2D eigenvalue weighted by Crippen LogP contribution is 2.42. The Balaban J connectivity index is 1.80. The Hall–Kier alpha value is -2.90. The number of aromatic nitrogens is 5. The van der Waals surface area contributed by atoms with Crippen molar-refractivity contribution in [3.05, 3.63) is 47.7 Å². The molecule has 140 valence electrons. The quantitative estimate of drug-likeness (QED) is 0.749. The van der Waals surface area contributed by atoms with Crippen LogP contribution in [0, 0.1) is 11.6 Å². The zero-order valence-electron chi connectivity index (χ0n) is 15.4. The first-order valence-electron chi connectivity index (χ1n) is 8.85. The number of hydrogen-bond donors (Lipinski definition) is 1. The van der Waals surface area contributed by atoms with Gasteiger partial charge in [0.15, 0.2) is 17.5 Å². The van der Waals surface area contributed by atoms with Crippen molar-refractivity contribution in [2.45, 2.75) is 45.1 Å². The molecule has 0 unspecified atom stereocenters. The van der Waals surface area contributed by atoms with Gasteiger partial charge in [-0.05, 0) is 73.7 Å². The summed E-state index contributed by atoms with van der Waals surface area (Å²) in [5.41, 5.74) is 0.748. The van der Waals surface area contributed by atoms with E-state index >= 15 is 0 Å². The number of tetrazole rings is 1. The van der Waals surface area contributed by atoms with E-state index in [1.54, 1.807) is 24.4 Å². The first-order chi connectivity index (χ1) is 12.8. The number of benzene rings is 1. The van der Waals surface area contributed by atoms with Crippen molar-refractivity contribution in [2.75, 3.05) is 5.32 Å². The zero-order valence-corrected chi connectivity index (χ0v) is 15.4. The van der Waals surface area contributed by atoms with Gasteiger partial charge in [0.05, 0.1) is 5.56 Å². The van der Waals surface area contributed by atoms with E-state index in [-0.39, 0.29) is 23.0 Å². The minimum atomic E-state index is -0.942. The Morgan fingerprint density at radius 2 is 1.89 bits per heavy atom. The fraction of sp³-hybridized carbons (Fsp3) is 0.368. The number of hydrogen-bond acceptors (Lipinski definition) is 5. The number of anilines is 1. The van der Waals surface area contributed by atoms with Crippen LogP contribution in [0.3, 0.4) is 0 Å².